The Morgan fingerprint density at radius 2 is 2.08 bits per heavy atom. The zero-order valence-electron chi connectivity index (χ0n) is 7.04. The van der Waals surface area contributed by atoms with Crippen LogP contribution in [0.4, 0.5) is 5.69 Å². The first-order valence-corrected chi connectivity index (χ1v) is 4.37. The fourth-order valence-electron chi connectivity index (χ4n) is 1.10. The number of para-hydroxylation sites is 1. The summed E-state index contributed by atoms with van der Waals surface area (Å²) < 4.78 is 0.942. The summed E-state index contributed by atoms with van der Waals surface area (Å²) in [6.07, 6.45) is 0.861. The van der Waals surface area contributed by atoms with Crippen LogP contribution in [0.15, 0.2) is 22.7 Å². The third-order valence-electron chi connectivity index (χ3n) is 1.59. The van der Waals surface area contributed by atoms with E-state index >= 15 is 0 Å². The summed E-state index contributed by atoms with van der Waals surface area (Å²) in [6, 6.07) is 5.57. The number of hydrogen-bond acceptors (Lipinski definition) is 2. The summed E-state index contributed by atoms with van der Waals surface area (Å²) in [5, 5.41) is 0. The highest BCUT2D eigenvalue weighted by Gasteiger charge is 2.06. The first kappa shape index (κ1) is 9.26. The molecule has 2 nitrogen and oxygen atoms in total. The van der Waals surface area contributed by atoms with Gasteiger partial charge in [0.25, 0.3) is 0 Å². The number of hydrogen-bond donors (Lipinski definition) is 0. The molecule has 0 aliphatic heterocycles. The predicted octanol–water partition coefficient (Wildman–Crippen LogP) is 2.33. The van der Waals surface area contributed by atoms with Crippen molar-refractivity contribution >= 4 is 27.9 Å². The van der Waals surface area contributed by atoms with Crippen molar-refractivity contribution in [2.75, 3.05) is 19.0 Å². The Bertz CT molecular complexity index is 297. The first-order valence-electron chi connectivity index (χ1n) is 3.58. The van der Waals surface area contributed by atoms with Crippen molar-refractivity contribution in [3.8, 4) is 0 Å². The van der Waals surface area contributed by atoms with Gasteiger partial charge in [0.05, 0.1) is 5.69 Å². The average Bonchev–Trinajstić information content (AvgIpc) is 2.03. The Kier molecular flexibility index (Phi) is 2.87. The molecule has 0 amide bonds. The van der Waals surface area contributed by atoms with Crippen LogP contribution < -0.4 is 4.90 Å². The SMILES string of the molecule is CN(C)c1c(Br)cccc1C=O. The second kappa shape index (κ2) is 3.72. The Morgan fingerprint density at radius 1 is 1.42 bits per heavy atom. The molecule has 1 aromatic rings. The highest BCUT2D eigenvalue weighted by atomic mass is 79.9. The van der Waals surface area contributed by atoms with E-state index in [1.807, 2.05) is 31.1 Å². The molecule has 0 radical (unpaired) electrons. The molecule has 12 heavy (non-hydrogen) atoms. The maximum Gasteiger partial charge on any atom is 0.152 e. The molecule has 64 valence electrons. The molecule has 0 spiro atoms. The lowest BCUT2D eigenvalue weighted by Crippen LogP contribution is -2.11. The van der Waals surface area contributed by atoms with E-state index in [2.05, 4.69) is 15.9 Å². The van der Waals surface area contributed by atoms with E-state index in [1.165, 1.54) is 0 Å². The van der Waals surface area contributed by atoms with Crippen LogP contribution in [0.2, 0.25) is 0 Å². The minimum atomic E-state index is 0.703. The van der Waals surface area contributed by atoms with E-state index in [-0.39, 0.29) is 0 Å². The Labute approximate surface area is 80.3 Å². The van der Waals surface area contributed by atoms with Gasteiger partial charge in [-0.05, 0) is 28.1 Å². The van der Waals surface area contributed by atoms with Crippen LogP contribution in [0.25, 0.3) is 0 Å². The average molecular weight is 228 g/mol. The number of carbonyl (C=O) groups is 1. The highest BCUT2D eigenvalue weighted by Crippen LogP contribution is 2.27. The van der Waals surface area contributed by atoms with Gasteiger partial charge >= 0.3 is 0 Å². The van der Waals surface area contributed by atoms with E-state index in [4.69, 9.17) is 0 Å². The number of aldehydes is 1. The van der Waals surface area contributed by atoms with Crippen molar-refractivity contribution in [3.05, 3.63) is 28.2 Å². The van der Waals surface area contributed by atoms with Gasteiger partial charge in [-0.15, -0.1) is 0 Å². The number of halogens is 1. The molecule has 0 aromatic heterocycles. The van der Waals surface area contributed by atoms with Crippen LogP contribution in [0.5, 0.6) is 0 Å². The molecule has 0 saturated carbocycles. The third-order valence-corrected chi connectivity index (χ3v) is 2.23. The van der Waals surface area contributed by atoms with Gasteiger partial charge in [-0.25, -0.2) is 0 Å². The van der Waals surface area contributed by atoms with Gasteiger partial charge in [0.15, 0.2) is 6.29 Å². The van der Waals surface area contributed by atoms with Gasteiger partial charge in [-0.2, -0.15) is 0 Å². The van der Waals surface area contributed by atoms with Gasteiger partial charge in [0, 0.05) is 24.1 Å². The summed E-state index contributed by atoms with van der Waals surface area (Å²) in [6.45, 7) is 0. The molecule has 0 aliphatic rings. The van der Waals surface area contributed by atoms with E-state index < -0.39 is 0 Å². The molecule has 1 rings (SSSR count). The van der Waals surface area contributed by atoms with Crippen LogP contribution in [0, 0.1) is 0 Å². The predicted molar refractivity (Wildman–Crippen MR) is 53.9 cm³/mol. The van der Waals surface area contributed by atoms with Crippen molar-refractivity contribution in [2.24, 2.45) is 0 Å². The quantitative estimate of drug-likeness (QED) is 0.724. The summed E-state index contributed by atoms with van der Waals surface area (Å²) in [5.41, 5.74) is 1.63. The molecule has 0 unspecified atom stereocenters. The fourth-order valence-corrected chi connectivity index (χ4v) is 1.84. The molecule has 0 fully saturated rings. The summed E-state index contributed by atoms with van der Waals surface area (Å²) in [5.74, 6) is 0. The van der Waals surface area contributed by atoms with Crippen molar-refractivity contribution in [2.45, 2.75) is 0 Å². The topological polar surface area (TPSA) is 20.3 Å². The van der Waals surface area contributed by atoms with E-state index in [9.17, 15) is 4.79 Å². The molecule has 0 N–H and O–H groups in total. The van der Waals surface area contributed by atoms with E-state index in [1.54, 1.807) is 6.07 Å². The fraction of sp³-hybridized carbons (Fsp3) is 0.222. The molecular weight excluding hydrogens is 218 g/mol. The molecule has 1 aromatic carbocycles. The molecule has 3 heteroatoms. The lowest BCUT2D eigenvalue weighted by Gasteiger charge is -2.16. The highest BCUT2D eigenvalue weighted by molar-refractivity contribution is 9.10. The van der Waals surface area contributed by atoms with Gasteiger partial charge < -0.3 is 4.90 Å². The van der Waals surface area contributed by atoms with Crippen molar-refractivity contribution in [1.29, 1.82) is 0 Å². The second-order valence-corrected chi connectivity index (χ2v) is 3.54. The van der Waals surface area contributed by atoms with E-state index in [0.717, 1.165) is 16.4 Å². The van der Waals surface area contributed by atoms with Gasteiger partial charge in [0.2, 0.25) is 0 Å². The van der Waals surface area contributed by atoms with Crippen LogP contribution in [0.3, 0.4) is 0 Å². The van der Waals surface area contributed by atoms with Gasteiger partial charge in [0.1, 0.15) is 0 Å². The maximum atomic E-state index is 10.6. The number of rotatable bonds is 2. The smallest absolute Gasteiger partial charge is 0.152 e. The van der Waals surface area contributed by atoms with Crippen LogP contribution in [-0.4, -0.2) is 20.4 Å². The third kappa shape index (κ3) is 1.67. The number of benzene rings is 1. The lowest BCUT2D eigenvalue weighted by atomic mass is 10.2. The second-order valence-electron chi connectivity index (χ2n) is 2.69. The first-order chi connectivity index (χ1) is 5.66. The Morgan fingerprint density at radius 3 is 2.50 bits per heavy atom. The monoisotopic (exact) mass is 227 g/mol. The van der Waals surface area contributed by atoms with Crippen molar-refractivity contribution < 1.29 is 4.79 Å². The van der Waals surface area contributed by atoms with Crippen LogP contribution in [0.1, 0.15) is 10.4 Å². The minimum Gasteiger partial charge on any atom is -0.376 e. The van der Waals surface area contributed by atoms with Crippen molar-refractivity contribution in [1.82, 2.24) is 0 Å². The zero-order valence-corrected chi connectivity index (χ0v) is 8.63. The molecule has 0 atom stereocenters. The molecule has 0 aliphatic carbocycles. The normalized spacial score (nSPS) is 9.58. The summed E-state index contributed by atoms with van der Waals surface area (Å²) in [4.78, 5) is 12.5. The summed E-state index contributed by atoms with van der Waals surface area (Å²) in [7, 11) is 3.82. The van der Waals surface area contributed by atoms with Gasteiger partial charge in [-0.1, -0.05) is 6.07 Å². The molecule has 0 heterocycles. The van der Waals surface area contributed by atoms with Gasteiger partial charge in [-0.3, -0.25) is 4.79 Å². The van der Waals surface area contributed by atoms with E-state index in [0.29, 0.717) is 5.56 Å². The lowest BCUT2D eigenvalue weighted by molar-refractivity contribution is 0.112. The number of anilines is 1. The Hall–Kier alpha value is -0.830. The maximum absolute atomic E-state index is 10.6. The van der Waals surface area contributed by atoms with Crippen molar-refractivity contribution in [3.63, 3.8) is 0 Å². The number of nitrogens with zero attached hydrogens (tertiary/aromatic N) is 1. The molecule has 0 bridgehead atoms. The minimum absolute atomic E-state index is 0.703. The Balaban J connectivity index is 3.29. The number of carbonyl (C=O) groups excluding carboxylic acids is 1. The zero-order chi connectivity index (χ0) is 9.14. The molecular formula is C9H10BrNO. The largest absolute Gasteiger partial charge is 0.376 e. The molecule has 0 saturated heterocycles. The summed E-state index contributed by atoms with van der Waals surface area (Å²) >= 11 is 3.39. The standard InChI is InChI=1S/C9H10BrNO/c1-11(2)9-7(6-12)4-3-5-8(9)10/h3-6H,1-2H3. The van der Waals surface area contributed by atoms with Crippen LogP contribution >= 0.6 is 15.9 Å². The van der Waals surface area contributed by atoms with Crippen LogP contribution in [-0.2, 0) is 0 Å².